The molecule has 0 aliphatic heterocycles. The Morgan fingerprint density at radius 1 is 0.769 bits per heavy atom. The Hall–Kier alpha value is -4.25. The van der Waals surface area contributed by atoms with E-state index in [1.165, 1.54) is 41.3 Å². The van der Waals surface area contributed by atoms with Crippen molar-refractivity contribution in [1.82, 2.24) is 5.32 Å². The Balaban J connectivity index is 0.00000560. The van der Waals surface area contributed by atoms with Crippen molar-refractivity contribution in [3.8, 4) is 5.75 Å². The molecule has 3 rings (SSSR count). The van der Waals surface area contributed by atoms with Crippen molar-refractivity contribution >= 4 is 28.6 Å². The quantitative estimate of drug-likeness (QED) is 0.131. The number of ketones is 2. The molecule has 0 saturated heterocycles. The predicted octanol–water partition coefficient (Wildman–Crippen LogP) is 7.07. The summed E-state index contributed by atoms with van der Waals surface area (Å²) in [6.45, 7) is 4.36. The fourth-order valence-corrected chi connectivity index (χ4v) is 4.33. The maximum absolute atomic E-state index is 12.1. The van der Waals surface area contributed by atoms with E-state index in [0.29, 0.717) is 38.8 Å². The van der Waals surface area contributed by atoms with Crippen molar-refractivity contribution in [2.24, 2.45) is 0 Å². The molecule has 0 saturated carbocycles. The van der Waals surface area contributed by atoms with Crippen LogP contribution in [-0.2, 0) is 14.4 Å². The van der Waals surface area contributed by atoms with Crippen LogP contribution in [0.1, 0.15) is 64.1 Å². The van der Waals surface area contributed by atoms with Gasteiger partial charge in [0, 0.05) is 14.3 Å². The topological polar surface area (TPSA) is 72.5 Å². The molecule has 0 fully saturated rings. The number of ether oxygens (including phenoxy) is 1. The van der Waals surface area contributed by atoms with Crippen LogP contribution in [0.5, 0.6) is 5.75 Å². The summed E-state index contributed by atoms with van der Waals surface area (Å²) in [5, 5.41) is 2.86. The third-order valence-electron chi connectivity index (χ3n) is 6.26. The number of nitrogens with one attached hydrogen (secondary N) is 1. The Morgan fingerprint density at radius 3 is 1.97 bits per heavy atom. The van der Waals surface area contributed by atoms with Crippen LogP contribution >= 0.6 is 0 Å². The van der Waals surface area contributed by atoms with Crippen molar-refractivity contribution in [1.29, 1.82) is 0 Å². The average Bonchev–Trinajstić information content (AvgIpc) is 2.96. The minimum Gasteiger partial charge on any atom is -0.492 e. The van der Waals surface area contributed by atoms with Crippen molar-refractivity contribution in [3.05, 3.63) is 114 Å². The van der Waals surface area contributed by atoms with E-state index < -0.39 is 0 Å². The molecule has 3 aromatic carbocycles. The fourth-order valence-electron chi connectivity index (χ4n) is 4.33. The monoisotopic (exact) mass is 525 g/mol. The minimum absolute atomic E-state index is 0. The molecule has 5 heteroatoms. The molecule has 0 heterocycles. The lowest BCUT2D eigenvalue weighted by Gasteiger charge is -2.17. The lowest BCUT2D eigenvalue weighted by Crippen LogP contribution is -2.27. The van der Waals surface area contributed by atoms with E-state index in [9.17, 15) is 14.4 Å². The highest BCUT2D eigenvalue weighted by atomic mass is 16.5. The van der Waals surface area contributed by atoms with Crippen LogP contribution < -0.4 is 10.1 Å². The largest absolute Gasteiger partial charge is 0.492 e. The van der Waals surface area contributed by atoms with Crippen LogP contribution in [-0.4, -0.2) is 30.6 Å². The highest BCUT2D eigenvalue weighted by molar-refractivity contribution is 5.99. The van der Waals surface area contributed by atoms with Gasteiger partial charge in [-0.3, -0.25) is 14.4 Å². The molecule has 0 spiro atoms. The van der Waals surface area contributed by atoms with Gasteiger partial charge in [-0.25, -0.2) is 0 Å². The van der Waals surface area contributed by atoms with E-state index in [-0.39, 0.29) is 18.9 Å². The summed E-state index contributed by atoms with van der Waals surface area (Å²) in [6.07, 6.45) is 5.40. The first-order chi connectivity index (χ1) is 19.0. The zero-order valence-corrected chi connectivity index (χ0v) is 22.8. The second-order valence-electron chi connectivity index (χ2n) is 9.28. The van der Waals surface area contributed by atoms with Gasteiger partial charge in [-0.05, 0) is 78.3 Å². The van der Waals surface area contributed by atoms with Crippen LogP contribution in [0, 0.1) is 0 Å². The molecule has 0 aromatic heterocycles. The standard InChI is InChI=1S/C34H37NO4.H2/c1-3-32(27-12-6-4-7-13-27)34(28-14-8-5-9-15-28)29-19-22-31(23-20-29)39-25-24-35-33(38)17-11-10-16-30(37)21-18-26(2)36;/h4-9,12-15,18-23H,3,10-11,16-17,24-25H2,1-2H3,(H,35,38);1H/b21-18-,34-32+;. The molecular weight excluding hydrogens is 486 g/mol. The Kier molecular flexibility index (Phi) is 11.9. The number of hydrogen-bond acceptors (Lipinski definition) is 4. The SMILES string of the molecule is CC/C(=C(/c1ccccc1)c1ccc(OCCNC(=O)CCCCC(=O)/C=C\C(C)=O)cc1)c1ccccc1.[HH]. The summed E-state index contributed by atoms with van der Waals surface area (Å²) in [4.78, 5) is 34.5. The summed E-state index contributed by atoms with van der Waals surface area (Å²) < 4.78 is 5.86. The summed E-state index contributed by atoms with van der Waals surface area (Å²) >= 11 is 0. The van der Waals surface area contributed by atoms with Gasteiger partial charge in [0.2, 0.25) is 5.91 Å². The lowest BCUT2D eigenvalue weighted by molar-refractivity contribution is -0.121. The van der Waals surface area contributed by atoms with Gasteiger partial charge in [0.1, 0.15) is 12.4 Å². The predicted molar refractivity (Wildman–Crippen MR) is 159 cm³/mol. The van der Waals surface area contributed by atoms with Gasteiger partial charge in [0.15, 0.2) is 11.6 Å². The number of unbranched alkanes of at least 4 members (excludes halogenated alkanes) is 1. The Labute approximate surface area is 233 Å². The first-order valence-electron chi connectivity index (χ1n) is 13.5. The third kappa shape index (κ3) is 9.86. The van der Waals surface area contributed by atoms with Gasteiger partial charge in [0.25, 0.3) is 0 Å². The van der Waals surface area contributed by atoms with E-state index in [1.54, 1.807) is 0 Å². The molecule has 0 atom stereocenters. The Bertz CT molecular complexity index is 1280. The fraction of sp³-hybridized carbons (Fsp3) is 0.265. The smallest absolute Gasteiger partial charge is 0.220 e. The number of amides is 1. The zero-order valence-electron chi connectivity index (χ0n) is 22.8. The van der Waals surface area contributed by atoms with E-state index >= 15 is 0 Å². The van der Waals surface area contributed by atoms with Gasteiger partial charge in [-0.2, -0.15) is 0 Å². The second-order valence-corrected chi connectivity index (χ2v) is 9.28. The molecule has 1 amide bonds. The van der Waals surface area contributed by atoms with Crippen LogP contribution in [0.2, 0.25) is 0 Å². The number of benzene rings is 3. The summed E-state index contributed by atoms with van der Waals surface area (Å²) in [5.74, 6) is 0.437. The van der Waals surface area contributed by atoms with Crippen molar-refractivity contribution < 1.29 is 20.5 Å². The third-order valence-corrected chi connectivity index (χ3v) is 6.26. The number of hydrogen-bond donors (Lipinski definition) is 1. The molecule has 1 N–H and O–H groups in total. The van der Waals surface area contributed by atoms with E-state index in [1.807, 2.05) is 24.3 Å². The molecule has 5 nitrogen and oxygen atoms in total. The molecule has 0 unspecified atom stereocenters. The molecule has 39 heavy (non-hydrogen) atoms. The molecule has 3 aromatic rings. The highest BCUT2D eigenvalue weighted by Crippen LogP contribution is 2.34. The van der Waals surface area contributed by atoms with Gasteiger partial charge in [0.05, 0.1) is 6.54 Å². The molecule has 0 aliphatic rings. The van der Waals surface area contributed by atoms with Crippen molar-refractivity contribution in [3.63, 3.8) is 0 Å². The number of carbonyl (C=O) groups is 3. The Morgan fingerprint density at radius 2 is 1.36 bits per heavy atom. The molecular formula is C34H39NO4. The molecule has 204 valence electrons. The molecule has 0 bridgehead atoms. The normalized spacial score (nSPS) is 11.6. The van der Waals surface area contributed by atoms with Crippen molar-refractivity contribution in [2.75, 3.05) is 13.2 Å². The molecule has 0 aliphatic carbocycles. The maximum atomic E-state index is 12.1. The van der Waals surface area contributed by atoms with E-state index in [4.69, 9.17) is 4.74 Å². The summed E-state index contributed by atoms with van der Waals surface area (Å²) in [7, 11) is 0. The van der Waals surface area contributed by atoms with Crippen LogP contribution in [0.4, 0.5) is 0 Å². The van der Waals surface area contributed by atoms with E-state index in [2.05, 4.69) is 72.9 Å². The van der Waals surface area contributed by atoms with Gasteiger partial charge in [-0.1, -0.05) is 79.7 Å². The van der Waals surface area contributed by atoms with Crippen LogP contribution in [0.25, 0.3) is 11.1 Å². The first-order valence-corrected chi connectivity index (χ1v) is 13.5. The lowest BCUT2D eigenvalue weighted by atomic mass is 9.88. The van der Waals surface area contributed by atoms with Gasteiger partial charge >= 0.3 is 0 Å². The maximum Gasteiger partial charge on any atom is 0.220 e. The number of allylic oxidation sites excluding steroid dienone is 3. The number of carbonyl (C=O) groups excluding carboxylic acids is 3. The number of rotatable bonds is 15. The van der Waals surface area contributed by atoms with Crippen LogP contribution in [0.3, 0.4) is 0 Å². The zero-order chi connectivity index (χ0) is 27.9. The minimum atomic E-state index is -0.150. The highest BCUT2D eigenvalue weighted by Gasteiger charge is 2.13. The van der Waals surface area contributed by atoms with Gasteiger partial charge < -0.3 is 10.1 Å². The molecule has 0 radical (unpaired) electrons. The summed E-state index contributed by atoms with van der Waals surface area (Å²) in [6, 6.07) is 29.0. The first kappa shape index (κ1) is 29.3. The second kappa shape index (κ2) is 15.9. The summed E-state index contributed by atoms with van der Waals surface area (Å²) in [5.41, 5.74) is 6.00. The van der Waals surface area contributed by atoms with E-state index in [0.717, 1.165) is 17.7 Å². The van der Waals surface area contributed by atoms with Gasteiger partial charge in [-0.15, -0.1) is 0 Å². The average molecular weight is 526 g/mol. The van der Waals surface area contributed by atoms with Crippen LogP contribution in [0.15, 0.2) is 97.1 Å². The van der Waals surface area contributed by atoms with Crippen molar-refractivity contribution in [2.45, 2.75) is 46.0 Å².